The van der Waals surface area contributed by atoms with E-state index in [1.54, 1.807) is 23.6 Å². The highest BCUT2D eigenvalue weighted by Gasteiger charge is 2.34. The first-order valence-corrected chi connectivity index (χ1v) is 12.0. The Balaban J connectivity index is 1.56. The van der Waals surface area contributed by atoms with Crippen molar-refractivity contribution in [1.82, 2.24) is 14.9 Å². The van der Waals surface area contributed by atoms with Gasteiger partial charge >= 0.3 is 5.97 Å². The van der Waals surface area contributed by atoms with E-state index in [1.807, 2.05) is 6.92 Å². The maximum atomic E-state index is 14.5. The number of nitrogens with two attached hydrogens (primary N) is 1. The summed E-state index contributed by atoms with van der Waals surface area (Å²) in [5, 5.41) is 13.7. The number of hydrogen-bond donors (Lipinski definition) is 3. The second-order valence-corrected chi connectivity index (χ2v) is 9.37. The van der Waals surface area contributed by atoms with E-state index in [1.165, 1.54) is 6.07 Å². The highest BCUT2D eigenvalue weighted by atomic mass is 19.1. The number of aliphatic hydroxyl groups excluding tert-OH is 1. The SMILES string of the molecule is Cc1cc2c(CC[C@H](C)OCNC(=O)CN)c3c(nc2cc1F)-c1cc2c(c(=O)n1C3)COC(=O)[C@H]2O. The summed E-state index contributed by atoms with van der Waals surface area (Å²) < 4.78 is 26.7. The highest BCUT2D eigenvalue weighted by Crippen LogP contribution is 2.38. The number of ether oxygens (including phenoxy) is 2. The third kappa shape index (κ3) is 4.39. The van der Waals surface area contributed by atoms with Gasteiger partial charge in [-0.3, -0.25) is 9.59 Å². The molecule has 0 radical (unpaired) electrons. The number of amides is 1. The number of nitrogens with one attached hydrogen (secondary N) is 1. The zero-order valence-electron chi connectivity index (χ0n) is 20.5. The normalized spacial score (nSPS) is 16.7. The standard InChI is InChI=1S/C26H27FN4O6/c1-12-5-15-14(4-3-13(2)37-11-29-22(32)8-28)17-9-31-21(23(17)30-20(15)7-19(12)27)6-16-18(25(31)34)10-36-26(35)24(16)33/h5-7,13,24,33H,3-4,8-11,28H2,1-2H3,(H,29,32)/t13-,24-/m0/s1. The fraction of sp³-hybridized carbons (Fsp3) is 0.385. The van der Waals surface area contributed by atoms with Crippen molar-refractivity contribution < 1.29 is 28.6 Å². The highest BCUT2D eigenvalue weighted by molar-refractivity contribution is 5.89. The second kappa shape index (κ2) is 9.66. The fourth-order valence-electron chi connectivity index (χ4n) is 4.89. The zero-order chi connectivity index (χ0) is 26.4. The summed E-state index contributed by atoms with van der Waals surface area (Å²) in [5.74, 6) is -1.51. The number of aliphatic hydroxyl groups is 1. The topological polar surface area (TPSA) is 146 Å². The number of rotatable bonds is 7. The van der Waals surface area contributed by atoms with Gasteiger partial charge in [-0.2, -0.15) is 0 Å². The molecule has 2 aliphatic heterocycles. The molecule has 194 valence electrons. The Hall–Kier alpha value is -3.67. The first-order valence-electron chi connectivity index (χ1n) is 12.0. The molecule has 0 aliphatic carbocycles. The van der Waals surface area contributed by atoms with Gasteiger partial charge in [0.15, 0.2) is 6.10 Å². The monoisotopic (exact) mass is 510 g/mol. The van der Waals surface area contributed by atoms with Crippen LogP contribution in [0.15, 0.2) is 23.0 Å². The molecule has 1 amide bonds. The van der Waals surface area contributed by atoms with Crippen molar-refractivity contribution in [3.05, 3.63) is 62.2 Å². The van der Waals surface area contributed by atoms with Gasteiger partial charge in [0.1, 0.15) is 19.2 Å². The number of cyclic esters (lactones) is 1. The van der Waals surface area contributed by atoms with Crippen molar-refractivity contribution in [1.29, 1.82) is 0 Å². The average molecular weight is 511 g/mol. The quantitative estimate of drug-likeness (QED) is 0.249. The van der Waals surface area contributed by atoms with Crippen LogP contribution in [0.2, 0.25) is 0 Å². The molecule has 3 aromatic rings. The molecular formula is C26H27FN4O6. The molecule has 11 heteroatoms. The number of esters is 1. The van der Waals surface area contributed by atoms with Gasteiger partial charge in [0.25, 0.3) is 5.56 Å². The Kier molecular flexibility index (Phi) is 6.52. The van der Waals surface area contributed by atoms with Crippen LogP contribution < -0.4 is 16.6 Å². The van der Waals surface area contributed by atoms with Crippen molar-refractivity contribution in [3.63, 3.8) is 0 Å². The molecule has 37 heavy (non-hydrogen) atoms. The van der Waals surface area contributed by atoms with E-state index in [-0.39, 0.29) is 55.1 Å². The molecule has 4 N–H and O–H groups in total. The number of pyridine rings is 2. The number of carbonyl (C=O) groups is 2. The summed E-state index contributed by atoms with van der Waals surface area (Å²) in [4.78, 5) is 41.3. The van der Waals surface area contributed by atoms with E-state index in [0.717, 1.165) is 16.5 Å². The van der Waals surface area contributed by atoms with Gasteiger partial charge in [-0.1, -0.05) is 0 Å². The van der Waals surface area contributed by atoms with Gasteiger partial charge in [-0.05, 0) is 49.9 Å². The molecule has 0 unspecified atom stereocenters. The summed E-state index contributed by atoms with van der Waals surface area (Å²) >= 11 is 0. The molecule has 0 bridgehead atoms. The molecule has 2 atom stereocenters. The predicted octanol–water partition coefficient (Wildman–Crippen LogP) is 1.33. The summed E-state index contributed by atoms with van der Waals surface area (Å²) in [5.41, 5.74) is 9.01. The Morgan fingerprint density at radius 1 is 1.35 bits per heavy atom. The average Bonchev–Trinajstić information content (AvgIpc) is 3.24. The minimum atomic E-state index is -1.55. The Morgan fingerprint density at radius 2 is 2.14 bits per heavy atom. The minimum Gasteiger partial charge on any atom is -0.458 e. The summed E-state index contributed by atoms with van der Waals surface area (Å²) in [6.07, 6.45) is -0.631. The maximum Gasteiger partial charge on any atom is 0.340 e. The van der Waals surface area contributed by atoms with Crippen LogP contribution in [-0.2, 0) is 38.6 Å². The van der Waals surface area contributed by atoms with Crippen LogP contribution in [0.3, 0.4) is 0 Å². The van der Waals surface area contributed by atoms with E-state index in [2.05, 4.69) is 5.32 Å². The van der Waals surface area contributed by atoms with Crippen LogP contribution in [0.1, 0.15) is 47.3 Å². The molecule has 0 saturated heterocycles. The summed E-state index contributed by atoms with van der Waals surface area (Å²) in [6.45, 7) is 3.52. The van der Waals surface area contributed by atoms with Crippen LogP contribution in [0.5, 0.6) is 0 Å². The van der Waals surface area contributed by atoms with Crippen LogP contribution >= 0.6 is 0 Å². The van der Waals surface area contributed by atoms with Crippen molar-refractivity contribution in [2.24, 2.45) is 5.73 Å². The first-order chi connectivity index (χ1) is 17.7. The maximum absolute atomic E-state index is 14.5. The third-order valence-electron chi connectivity index (χ3n) is 6.98. The second-order valence-electron chi connectivity index (χ2n) is 9.37. The fourth-order valence-corrected chi connectivity index (χ4v) is 4.89. The van der Waals surface area contributed by atoms with E-state index in [4.69, 9.17) is 20.2 Å². The zero-order valence-corrected chi connectivity index (χ0v) is 20.5. The summed E-state index contributed by atoms with van der Waals surface area (Å²) in [7, 11) is 0. The number of fused-ring (bicyclic) bond motifs is 5. The van der Waals surface area contributed by atoms with Crippen LogP contribution in [-0.4, -0.2) is 45.9 Å². The lowest BCUT2D eigenvalue weighted by Crippen LogP contribution is -2.33. The molecule has 4 heterocycles. The summed E-state index contributed by atoms with van der Waals surface area (Å²) in [6, 6.07) is 4.74. The molecule has 0 saturated carbocycles. The number of aromatic nitrogens is 2. The molecule has 2 aliphatic rings. The number of benzene rings is 1. The third-order valence-corrected chi connectivity index (χ3v) is 6.98. The van der Waals surface area contributed by atoms with Crippen molar-refractivity contribution in [2.75, 3.05) is 13.3 Å². The molecule has 10 nitrogen and oxygen atoms in total. The number of carbonyl (C=O) groups excluding carboxylic acids is 2. The van der Waals surface area contributed by atoms with E-state index in [0.29, 0.717) is 35.3 Å². The van der Waals surface area contributed by atoms with Gasteiger partial charge in [-0.15, -0.1) is 0 Å². The lowest BCUT2D eigenvalue weighted by atomic mass is 9.94. The number of nitrogens with zero attached hydrogens (tertiary/aromatic N) is 2. The Labute approximate surface area is 211 Å². The van der Waals surface area contributed by atoms with E-state index in [9.17, 15) is 23.9 Å². The molecule has 0 fully saturated rings. The molecule has 5 rings (SSSR count). The molecule has 1 aromatic carbocycles. The van der Waals surface area contributed by atoms with Crippen LogP contribution in [0.25, 0.3) is 22.3 Å². The van der Waals surface area contributed by atoms with Gasteiger partial charge in [0, 0.05) is 22.6 Å². The van der Waals surface area contributed by atoms with Gasteiger partial charge in [0.05, 0.1) is 41.7 Å². The van der Waals surface area contributed by atoms with E-state index < -0.39 is 17.9 Å². The van der Waals surface area contributed by atoms with Crippen molar-refractivity contribution >= 4 is 22.8 Å². The molecule has 2 aromatic heterocycles. The predicted molar refractivity (Wildman–Crippen MR) is 131 cm³/mol. The molecule has 0 spiro atoms. The number of hydrogen-bond acceptors (Lipinski definition) is 8. The smallest absolute Gasteiger partial charge is 0.340 e. The Bertz CT molecular complexity index is 1500. The molecular weight excluding hydrogens is 483 g/mol. The Morgan fingerprint density at radius 3 is 2.89 bits per heavy atom. The van der Waals surface area contributed by atoms with Crippen molar-refractivity contribution in [3.8, 4) is 11.4 Å². The number of aryl methyl sites for hydroxylation is 2. The van der Waals surface area contributed by atoms with Gasteiger partial charge in [0.2, 0.25) is 5.91 Å². The lowest BCUT2D eigenvalue weighted by Gasteiger charge is -2.21. The largest absolute Gasteiger partial charge is 0.458 e. The van der Waals surface area contributed by atoms with E-state index >= 15 is 0 Å². The van der Waals surface area contributed by atoms with Gasteiger partial charge < -0.3 is 30.2 Å². The minimum absolute atomic E-state index is 0.0340. The van der Waals surface area contributed by atoms with Crippen LogP contribution in [0.4, 0.5) is 4.39 Å². The van der Waals surface area contributed by atoms with Gasteiger partial charge in [-0.25, -0.2) is 14.2 Å². The number of halogens is 1. The first kappa shape index (κ1) is 25.0. The van der Waals surface area contributed by atoms with Crippen LogP contribution in [0, 0.1) is 12.7 Å². The van der Waals surface area contributed by atoms with Crippen molar-refractivity contribution in [2.45, 2.75) is 52.0 Å². The lowest BCUT2D eigenvalue weighted by molar-refractivity contribution is -0.157.